The summed E-state index contributed by atoms with van der Waals surface area (Å²) in [6.45, 7) is 6.04. The Balaban J connectivity index is 2.05. The van der Waals surface area contributed by atoms with Crippen molar-refractivity contribution in [2.45, 2.75) is 32.5 Å². The molecular weight excluding hydrogens is 222 g/mol. The minimum Gasteiger partial charge on any atom is -0.372 e. The van der Waals surface area contributed by atoms with Gasteiger partial charge in [-0.3, -0.25) is 0 Å². The van der Waals surface area contributed by atoms with Gasteiger partial charge in [-0.15, -0.1) is 0 Å². The smallest absolute Gasteiger partial charge is 0.0744 e. The SMILES string of the molecule is Cc1c(Cl)cccc1CC1CNCC(C)O1. The molecule has 1 aromatic carbocycles. The van der Waals surface area contributed by atoms with E-state index in [0.29, 0.717) is 6.10 Å². The van der Waals surface area contributed by atoms with Gasteiger partial charge in [0.25, 0.3) is 0 Å². The molecule has 0 aromatic heterocycles. The number of hydrogen-bond donors (Lipinski definition) is 1. The Morgan fingerprint density at radius 3 is 3.00 bits per heavy atom. The molecule has 0 aliphatic carbocycles. The Morgan fingerprint density at radius 2 is 2.25 bits per heavy atom. The Labute approximate surface area is 102 Å². The number of rotatable bonds is 2. The molecule has 0 bridgehead atoms. The highest BCUT2D eigenvalue weighted by Crippen LogP contribution is 2.21. The van der Waals surface area contributed by atoms with Gasteiger partial charge in [0, 0.05) is 24.5 Å². The van der Waals surface area contributed by atoms with Crippen LogP contribution in [0.4, 0.5) is 0 Å². The zero-order chi connectivity index (χ0) is 11.5. The van der Waals surface area contributed by atoms with E-state index in [0.717, 1.165) is 24.5 Å². The summed E-state index contributed by atoms with van der Waals surface area (Å²) >= 11 is 6.10. The van der Waals surface area contributed by atoms with E-state index in [4.69, 9.17) is 16.3 Å². The van der Waals surface area contributed by atoms with Crippen molar-refractivity contribution in [1.82, 2.24) is 5.32 Å². The zero-order valence-corrected chi connectivity index (χ0v) is 10.6. The molecule has 3 heteroatoms. The van der Waals surface area contributed by atoms with E-state index in [9.17, 15) is 0 Å². The maximum absolute atomic E-state index is 6.10. The Kier molecular flexibility index (Phi) is 3.85. The molecule has 1 aliphatic heterocycles. The molecule has 1 aliphatic rings. The van der Waals surface area contributed by atoms with Crippen molar-refractivity contribution in [3.63, 3.8) is 0 Å². The van der Waals surface area contributed by atoms with Crippen molar-refractivity contribution in [2.75, 3.05) is 13.1 Å². The van der Waals surface area contributed by atoms with Gasteiger partial charge in [0.05, 0.1) is 12.2 Å². The number of ether oxygens (including phenoxy) is 1. The molecule has 0 amide bonds. The summed E-state index contributed by atoms with van der Waals surface area (Å²) in [7, 11) is 0. The molecule has 16 heavy (non-hydrogen) atoms. The van der Waals surface area contributed by atoms with Gasteiger partial charge >= 0.3 is 0 Å². The number of morpholine rings is 1. The van der Waals surface area contributed by atoms with Crippen LogP contribution in [-0.4, -0.2) is 25.3 Å². The molecule has 2 atom stereocenters. The van der Waals surface area contributed by atoms with Crippen LogP contribution in [0.25, 0.3) is 0 Å². The maximum Gasteiger partial charge on any atom is 0.0744 e. The van der Waals surface area contributed by atoms with Crippen LogP contribution < -0.4 is 5.32 Å². The average Bonchev–Trinajstić information content (AvgIpc) is 2.25. The summed E-state index contributed by atoms with van der Waals surface area (Å²) in [5, 5.41) is 4.22. The monoisotopic (exact) mass is 239 g/mol. The standard InChI is InChI=1S/C13H18ClNO/c1-9-7-15-8-12(16-9)6-11-4-3-5-13(14)10(11)2/h3-5,9,12,15H,6-8H2,1-2H3. The summed E-state index contributed by atoms with van der Waals surface area (Å²) in [5.74, 6) is 0. The summed E-state index contributed by atoms with van der Waals surface area (Å²) in [4.78, 5) is 0. The summed E-state index contributed by atoms with van der Waals surface area (Å²) in [5.41, 5.74) is 2.46. The number of nitrogens with one attached hydrogen (secondary N) is 1. The van der Waals surface area contributed by atoms with Gasteiger partial charge in [0.15, 0.2) is 0 Å². The Morgan fingerprint density at radius 1 is 1.44 bits per heavy atom. The first kappa shape index (κ1) is 11.9. The van der Waals surface area contributed by atoms with E-state index in [1.807, 2.05) is 12.1 Å². The van der Waals surface area contributed by atoms with E-state index in [2.05, 4.69) is 25.2 Å². The van der Waals surface area contributed by atoms with Crippen LogP contribution in [-0.2, 0) is 11.2 Å². The second-order valence-electron chi connectivity index (χ2n) is 4.46. The van der Waals surface area contributed by atoms with Gasteiger partial charge in [-0.05, 0) is 31.0 Å². The van der Waals surface area contributed by atoms with Crippen LogP contribution in [0.5, 0.6) is 0 Å². The molecule has 0 spiro atoms. The zero-order valence-electron chi connectivity index (χ0n) is 9.79. The van der Waals surface area contributed by atoms with Gasteiger partial charge in [-0.2, -0.15) is 0 Å². The first-order valence-corrected chi connectivity index (χ1v) is 6.15. The van der Waals surface area contributed by atoms with Gasteiger partial charge in [-0.25, -0.2) is 0 Å². The normalized spacial score (nSPS) is 25.7. The molecule has 2 rings (SSSR count). The topological polar surface area (TPSA) is 21.3 Å². The van der Waals surface area contributed by atoms with Crippen LogP contribution >= 0.6 is 11.6 Å². The third kappa shape index (κ3) is 2.76. The number of benzene rings is 1. The summed E-state index contributed by atoms with van der Waals surface area (Å²) in [6.07, 6.45) is 1.50. The predicted molar refractivity (Wildman–Crippen MR) is 67.1 cm³/mol. The van der Waals surface area contributed by atoms with Crippen molar-refractivity contribution < 1.29 is 4.74 Å². The minimum atomic E-state index is 0.265. The molecule has 0 radical (unpaired) electrons. The number of halogens is 1. The molecule has 2 nitrogen and oxygen atoms in total. The summed E-state index contributed by atoms with van der Waals surface area (Å²) in [6, 6.07) is 6.07. The van der Waals surface area contributed by atoms with Crippen molar-refractivity contribution in [3.05, 3.63) is 34.3 Å². The van der Waals surface area contributed by atoms with Crippen molar-refractivity contribution in [3.8, 4) is 0 Å². The van der Waals surface area contributed by atoms with E-state index in [1.54, 1.807) is 0 Å². The first-order chi connectivity index (χ1) is 7.66. The lowest BCUT2D eigenvalue weighted by molar-refractivity contribution is -0.0263. The fraction of sp³-hybridized carbons (Fsp3) is 0.538. The highest BCUT2D eigenvalue weighted by Gasteiger charge is 2.19. The first-order valence-electron chi connectivity index (χ1n) is 5.77. The van der Waals surface area contributed by atoms with Crippen LogP contribution in [0.15, 0.2) is 18.2 Å². The van der Waals surface area contributed by atoms with Gasteiger partial charge < -0.3 is 10.1 Å². The van der Waals surface area contributed by atoms with Crippen LogP contribution in [0.3, 0.4) is 0 Å². The highest BCUT2D eigenvalue weighted by molar-refractivity contribution is 6.31. The minimum absolute atomic E-state index is 0.265. The fourth-order valence-corrected chi connectivity index (χ4v) is 2.31. The average molecular weight is 240 g/mol. The lowest BCUT2D eigenvalue weighted by atomic mass is 10.0. The van der Waals surface area contributed by atoms with Gasteiger partial charge in [-0.1, -0.05) is 23.7 Å². The number of hydrogen-bond acceptors (Lipinski definition) is 2. The largest absolute Gasteiger partial charge is 0.372 e. The molecule has 1 aromatic rings. The van der Waals surface area contributed by atoms with Crippen LogP contribution in [0, 0.1) is 6.92 Å². The quantitative estimate of drug-likeness (QED) is 0.857. The highest BCUT2D eigenvalue weighted by atomic mass is 35.5. The molecule has 2 unspecified atom stereocenters. The lowest BCUT2D eigenvalue weighted by Crippen LogP contribution is -2.44. The molecule has 0 saturated carbocycles. The van der Waals surface area contributed by atoms with Crippen molar-refractivity contribution >= 4 is 11.6 Å². The molecule has 1 heterocycles. The molecule has 88 valence electrons. The third-order valence-electron chi connectivity index (χ3n) is 3.06. The van der Waals surface area contributed by atoms with Crippen molar-refractivity contribution in [1.29, 1.82) is 0 Å². The van der Waals surface area contributed by atoms with Gasteiger partial charge in [0.1, 0.15) is 0 Å². The van der Waals surface area contributed by atoms with E-state index >= 15 is 0 Å². The van der Waals surface area contributed by atoms with Crippen LogP contribution in [0.1, 0.15) is 18.1 Å². The maximum atomic E-state index is 6.10. The van der Waals surface area contributed by atoms with Crippen LogP contribution in [0.2, 0.25) is 5.02 Å². The second kappa shape index (κ2) is 5.17. The van der Waals surface area contributed by atoms with E-state index < -0.39 is 0 Å². The molecule has 1 saturated heterocycles. The summed E-state index contributed by atoms with van der Waals surface area (Å²) < 4.78 is 5.88. The van der Waals surface area contributed by atoms with Crippen molar-refractivity contribution in [2.24, 2.45) is 0 Å². The van der Waals surface area contributed by atoms with E-state index in [1.165, 1.54) is 11.1 Å². The fourth-order valence-electron chi connectivity index (χ4n) is 2.11. The second-order valence-corrected chi connectivity index (χ2v) is 4.86. The molecular formula is C13H18ClNO. The molecule has 1 fully saturated rings. The van der Waals surface area contributed by atoms with Gasteiger partial charge in [0.2, 0.25) is 0 Å². The Hall–Kier alpha value is -0.570. The van der Waals surface area contributed by atoms with E-state index in [-0.39, 0.29) is 6.10 Å². The predicted octanol–water partition coefficient (Wildman–Crippen LogP) is 2.57. The third-order valence-corrected chi connectivity index (χ3v) is 3.47. The molecule has 1 N–H and O–H groups in total. The Bertz CT molecular complexity index is 367. The lowest BCUT2D eigenvalue weighted by Gasteiger charge is -2.29.